The fourth-order valence-electron chi connectivity index (χ4n) is 3.59. The van der Waals surface area contributed by atoms with Gasteiger partial charge in [0, 0.05) is 37.4 Å². The van der Waals surface area contributed by atoms with Crippen molar-refractivity contribution in [1.29, 1.82) is 0 Å². The summed E-state index contributed by atoms with van der Waals surface area (Å²) in [6.07, 6.45) is 3.48. The van der Waals surface area contributed by atoms with Crippen molar-refractivity contribution in [3.63, 3.8) is 0 Å². The molecule has 0 bridgehead atoms. The van der Waals surface area contributed by atoms with Gasteiger partial charge in [0.1, 0.15) is 5.65 Å². The second-order valence-corrected chi connectivity index (χ2v) is 7.80. The second kappa shape index (κ2) is 7.27. The van der Waals surface area contributed by atoms with Gasteiger partial charge in [0.05, 0.1) is 11.1 Å². The van der Waals surface area contributed by atoms with E-state index >= 15 is 0 Å². The first-order valence-electron chi connectivity index (χ1n) is 9.05. The van der Waals surface area contributed by atoms with Gasteiger partial charge in [-0.1, -0.05) is 18.2 Å². The summed E-state index contributed by atoms with van der Waals surface area (Å²) >= 11 is 1.30. The van der Waals surface area contributed by atoms with Crippen LogP contribution in [0.4, 0.5) is 5.69 Å². The zero-order valence-electron chi connectivity index (χ0n) is 15.7. The molecule has 0 saturated carbocycles. The second-order valence-electron chi connectivity index (χ2n) is 6.78. The SMILES string of the molecule is Cn1c(=O)c2c(SCC(=O)N3CCCc4ccccc43)ccnc2n(C)c1=O. The Morgan fingerprint density at radius 3 is 2.75 bits per heavy atom. The van der Waals surface area contributed by atoms with E-state index in [1.807, 2.05) is 23.1 Å². The van der Waals surface area contributed by atoms with Gasteiger partial charge < -0.3 is 4.90 Å². The highest BCUT2D eigenvalue weighted by molar-refractivity contribution is 8.00. The van der Waals surface area contributed by atoms with Crippen LogP contribution in [0, 0.1) is 0 Å². The monoisotopic (exact) mass is 396 g/mol. The van der Waals surface area contributed by atoms with Gasteiger partial charge in [-0.2, -0.15) is 0 Å². The molecule has 3 aromatic rings. The van der Waals surface area contributed by atoms with Crippen molar-refractivity contribution >= 4 is 34.4 Å². The minimum absolute atomic E-state index is 0.00348. The van der Waals surface area contributed by atoms with Crippen LogP contribution in [-0.2, 0) is 25.3 Å². The Labute approximate surface area is 165 Å². The van der Waals surface area contributed by atoms with E-state index in [0.717, 1.165) is 23.1 Å². The first kappa shape index (κ1) is 18.5. The maximum atomic E-state index is 12.9. The molecule has 1 aliphatic rings. The summed E-state index contributed by atoms with van der Waals surface area (Å²) < 4.78 is 2.42. The van der Waals surface area contributed by atoms with Crippen LogP contribution in [0.25, 0.3) is 11.0 Å². The molecular formula is C20H20N4O3S. The minimum atomic E-state index is -0.423. The minimum Gasteiger partial charge on any atom is -0.311 e. The van der Waals surface area contributed by atoms with Crippen LogP contribution in [0.1, 0.15) is 12.0 Å². The number of aromatic nitrogens is 3. The number of aryl methyl sites for hydroxylation is 2. The van der Waals surface area contributed by atoms with Crippen molar-refractivity contribution in [1.82, 2.24) is 14.1 Å². The van der Waals surface area contributed by atoms with Gasteiger partial charge in [-0.3, -0.25) is 18.7 Å². The third-order valence-corrected chi connectivity index (χ3v) is 6.11. The summed E-state index contributed by atoms with van der Waals surface area (Å²) in [5.41, 5.74) is 1.66. The number of anilines is 1. The lowest BCUT2D eigenvalue weighted by Crippen LogP contribution is -2.38. The number of thioether (sulfide) groups is 1. The van der Waals surface area contributed by atoms with Crippen LogP contribution in [0.15, 0.2) is 51.0 Å². The molecule has 4 rings (SSSR count). The fraction of sp³-hybridized carbons (Fsp3) is 0.300. The Morgan fingerprint density at radius 1 is 1.14 bits per heavy atom. The molecule has 1 aliphatic heterocycles. The molecule has 2 aromatic heterocycles. The van der Waals surface area contributed by atoms with E-state index in [1.165, 1.54) is 28.9 Å². The molecule has 1 aromatic carbocycles. The summed E-state index contributed by atoms with van der Waals surface area (Å²) in [7, 11) is 3.03. The normalized spacial score (nSPS) is 13.6. The highest BCUT2D eigenvalue weighted by Crippen LogP contribution is 2.29. The zero-order chi connectivity index (χ0) is 19.8. The summed E-state index contributed by atoms with van der Waals surface area (Å²) in [5.74, 6) is 0.211. The molecule has 0 atom stereocenters. The highest BCUT2D eigenvalue weighted by atomic mass is 32.2. The van der Waals surface area contributed by atoms with E-state index in [-0.39, 0.29) is 11.7 Å². The van der Waals surface area contributed by atoms with E-state index in [9.17, 15) is 14.4 Å². The smallest absolute Gasteiger partial charge is 0.311 e. The van der Waals surface area contributed by atoms with Crippen molar-refractivity contribution in [2.75, 3.05) is 17.2 Å². The molecule has 1 amide bonds. The highest BCUT2D eigenvalue weighted by Gasteiger charge is 2.23. The third kappa shape index (κ3) is 3.03. The molecule has 8 heteroatoms. The number of rotatable bonds is 3. The number of fused-ring (bicyclic) bond motifs is 2. The number of nitrogens with zero attached hydrogens (tertiary/aromatic N) is 4. The molecule has 0 fully saturated rings. The molecule has 0 N–H and O–H groups in total. The van der Waals surface area contributed by atoms with Gasteiger partial charge in [0.2, 0.25) is 5.91 Å². The maximum Gasteiger partial charge on any atom is 0.332 e. The van der Waals surface area contributed by atoms with Crippen molar-refractivity contribution < 1.29 is 4.79 Å². The van der Waals surface area contributed by atoms with Crippen LogP contribution in [0.5, 0.6) is 0 Å². The molecule has 144 valence electrons. The van der Waals surface area contributed by atoms with Crippen molar-refractivity contribution in [3.05, 3.63) is 62.9 Å². The molecule has 0 radical (unpaired) electrons. The summed E-state index contributed by atoms with van der Waals surface area (Å²) in [6, 6.07) is 9.69. The molecule has 0 saturated heterocycles. The number of carbonyl (C=O) groups excluding carboxylic acids is 1. The summed E-state index contributed by atoms with van der Waals surface area (Å²) in [4.78, 5) is 44.3. The third-order valence-electron chi connectivity index (χ3n) is 5.07. The van der Waals surface area contributed by atoms with Crippen LogP contribution in [0.3, 0.4) is 0 Å². The Balaban J connectivity index is 1.65. The van der Waals surface area contributed by atoms with Gasteiger partial charge in [-0.25, -0.2) is 9.78 Å². The first-order chi connectivity index (χ1) is 13.5. The first-order valence-corrected chi connectivity index (χ1v) is 10.0. The Morgan fingerprint density at radius 2 is 1.93 bits per heavy atom. The van der Waals surface area contributed by atoms with E-state index in [1.54, 1.807) is 19.3 Å². The molecular weight excluding hydrogens is 376 g/mol. The lowest BCUT2D eigenvalue weighted by atomic mass is 10.0. The number of carbonyl (C=O) groups is 1. The van der Waals surface area contributed by atoms with E-state index < -0.39 is 11.2 Å². The molecule has 3 heterocycles. The largest absolute Gasteiger partial charge is 0.332 e. The molecule has 0 spiro atoms. The molecule has 7 nitrogen and oxygen atoms in total. The Bertz CT molecular complexity index is 1200. The van der Waals surface area contributed by atoms with Crippen LogP contribution < -0.4 is 16.1 Å². The lowest BCUT2D eigenvalue weighted by Gasteiger charge is -2.29. The predicted octanol–water partition coefficient (Wildman–Crippen LogP) is 1.70. The van der Waals surface area contributed by atoms with Crippen molar-refractivity contribution in [2.45, 2.75) is 17.7 Å². The van der Waals surface area contributed by atoms with Gasteiger partial charge in [-0.15, -0.1) is 11.8 Å². The lowest BCUT2D eigenvalue weighted by molar-refractivity contribution is -0.116. The van der Waals surface area contributed by atoms with Gasteiger partial charge in [-0.05, 0) is 30.5 Å². The average Bonchev–Trinajstić information content (AvgIpc) is 2.73. The average molecular weight is 396 g/mol. The quantitative estimate of drug-likeness (QED) is 0.630. The zero-order valence-corrected chi connectivity index (χ0v) is 16.5. The number of pyridine rings is 1. The predicted molar refractivity (Wildman–Crippen MR) is 110 cm³/mol. The number of hydrogen-bond acceptors (Lipinski definition) is 5. The fourth-order valence-corrected chi connectivity index (χ4v) is 4.50. The van der Waals surface area contributed by atoms with Gasteiger partial charge >= 0.3 is 5.69 Å². The molecule has 28 heavy (non-hydrogen) atoms. The number of hydrogen-bond donors (Lipinski definition) is 0. The Kier molecular flexibility index (Phi) is 4.80. The van der Waals surface area contributed by atoms with Gasteiger partial charge in [0.25, 0.3) is 5.56 Å². The Hall–Kier alpha value is -2.87. The van der Waals surface area contributed by atoms with E-state index in [4.69, 9.17) is 0 Å². The standard InChI is InChI=1S/C20H20N4O3S/c1-22-18-17(19(26)23(2)20(22)27)15(9-10-21-18)28-12-16(25)24-11-5-7-13-6-3-4-8-14(13)24/h3-4,6,8-10H,5,7,11-12H2,1-2H3. The van der Waals surface area contributed by atoms with E-state index in [2.05, 4.69) is 11.1 Å². The van der Waals surface area contributed by atoms with Crippen LogP contribution >= 0.6 is 11.8 Å². The number of para-hydroxylation sites is 1. The van der Waals surface area contributed by atoms with Crippen LogP contribution in [0.2, 0.25) is 0 Å². The number of benzene rings is 1. The van der Waals surface area contributed by atoms with E-state index in [0.29, 0.717) is 22.5 Å². The number of amides is 1. The van der Waals surface area contributed by atoms with Crippen LogP contribution in [-0.4, -0.2) is 32.3 Å². The molecule has 0 aliphatic carbocycles. The van der Waals surface area contributed by atoms with Crippen molar-refractivity contribution in [2.24, 2.45) is 14.1 Å². The summed E-state index contributed by atoms with van der Waals surface area (Å²) in [5, 5.41) is 0.365. The summed E-state index contributed by atoms with van der Waals surface area (Å²) in [6.45, 7) is 0.698. The van der Waals surface area contributed by atoms with Gasteiger partial charge in [0.15, 0.2) is 0 Å². The topological polar surface area (TPSA) is 77.2 Å². The maximum absolute atomic E-state index is 12.9. The van der Waals surface area contributed by atoms with Crippen molar-refractivity contribution in [3.8, 4) is 0 Å². The molecule has 0 unspecified atom stereocenters.